The number of carbonyl (C=O) groups excluding carboxylic acids is 3. The van der Waals surface area contributed by atoms with Crippen LogP contribution in [0.25, 0.3) is 0 Å². The molecule has 0 saturated carbocycles. The van der Waals surface area contributed by atoms with Gasteiger partial charge >= 0.3 is 12.0 Å². The van der Waals surface area contributed by atoms with Crippen LogP contribution in [0.5, 0.6) is 0 Å². The number of amides is 3. The minimum absolute atomic E-state index is 0.0258. The number of benzene rings is 2. The van der Waals surface area contributed by atoms with Crippen molar-refractivity contribution in [3.05, 3.63) is 70.7 Å². The second-order valence-electron chi connectivity index (χ2n) is 7.97. The average molecular weight is 487 g/mol. The number of nitrogens with one attached hydrogen (secondary N) is 2. The summed E-state index contributed by atoms with van der Waals surface area (Å²) in [5.41, 5.74) is 1.82. The molecule has 0 aromatic heterocycles. The number of ether oxygens (including phenoxy) is 1. The lowest BCUT2D eigenvalue weighted by molar-refractivity contribution is -0.151. The normalized spacial score (nSPS) is 14.8. The molecule has 0 aliphatic carbocycles. The molecule has 1 aliphatic heterocycles. The van der Waals surface area contributed by atoms with Gasteiger partial charge in [-0.25, -0.2) is 9.59 Å². The summed E-state index contributed by atoms with van der Waals surface area (Å²) in [4.78, 5) is 41.0. The summed E-state index contributed by atoms with van der Waals surface area (Å²) in [7, 11) is 0. The number of esters is 1. The predicted molar refractivity (Wildman–Crippen MR) is 130 cm³/mol. The Hall–Kier alpha value is -3.10. The van der Waals surface area contributed by atoms with Crippen LogP contribution < -0.4 is 10.6 Å². The summed E-state index contributed by atoms with van der Waals surface area (Å²) in [5, 5.41) is 6.10. The summed E-state index contributed by atoms with van der Waals surface area (Å²) >= 11 is 6.00. The molecule has 1 atom stereocenters. The lowest BCUT2D eigenvalue weighted by atomic mass is 10.0. The van der Waals surface area contributed by atoms with Crippen LogP contribution in [0.4, 0.5) is 4.79 Å². The van der Waals surface area contributed by atoms with Gasteiger partial charge in [0.15, 0.2) is 0 Å². The van der Waals surface area contributed by atoms with Crippen LogP contribution in [0.3, 0.4) is 0 Å². The van der Waals surface area contributed by atoms with Crippen molar-refractivity contribution in [2.24, 2.45) is 0 Å². The molecule has 1 heterocycles. The number of rotatable bonds is 9. The van der Waals surface area contributed by atoms with Gasteiger partial charge in [0.05, 0.1) is 6.61 Å². The van der Waals surface area contributed by atoms with Gasteiger partial charge in [0, 0.05) is 50.7 Å². The number of piperazine rings is 1. The van der Waals surface area contributed by atoms with Crippen LogP contribution in [0.2, 0.25) is 5.02 Å². The molecule has 1 saturated heterocycles. The van der Waals surface area contributed by atoms with Crippen LogP contribution >= 0.6 is 11.6 Å². The van der Waals surface area contributed by atoms with E-state index in [-0.39, 0.29) is 30.9 Å². The number of hydrogen-bond donors (Lipinski definition) is 2. The maximum Gasteiger partial charge on any atom is 0.328 e. The summed E-state index contributed by atoms with van der Waals surface area (Å²) in [6.07, 6.45) is 0.219. The van der Waals surface area contributed by atoms with Gasteiger partial charge in [0.25, 0.3) is 0 Å². The van der Waals surface area contributed by atoms with Gasteiger partial charge in [0.2, 0.25) is 5.91 Å². The van der Waals surface area contributed by atoms with Gasteiger partial charge < -0.3 is 20.3 Å². The highest BCUT2D eigenvalue weighted by Gasteiger charge is 2.32. The predicted octanol–water partition coefficient (Wildman–Crippen LogP) is 2.98. The molecule has 1 aliphatic rings. The van der Waals surface area contributed by atoms with E-state index in [0.29, 0.717) is 44.4 Å². The third-order valence-corrected chi connectivity index (χ3v) is 5.90. The van der Waals surface area contributed by atoms with Crippen molar-refractivity contribution in [1.29, 1.82) is 0 Å². The Morgan fingerprint density at radius 3 is 2.29 bits per heavy atom. The quantitative estimate of drug-likeness (QED) is 0.532. The Kier molecular flexibility index (Phi) is 9.73. The first-order valence-electron chi connectivity index (χ1n) is 11.5. The SMILES string of the molecule is CCOC(=O)C(c1ccc(Cl)cc1)N1CCN(C(=O)CCNC(=O)NCc2ccccc2)CC1. The highest BCUT2D eigenvalue weighted by Crippen LogP contribution is 2.25. The molecule has 34 heavy (non-hydrogen) atoms. The molecule has 3 amide bonds. The maximum absolute atomic E-state index is 12.7. The van der Waals surface area contributed by atoms with E-state index in [1.54, 1.807) is 24.0 Å². The highest BCUT2D eigenvalue weighted by atomic mass is 35.5. The van der Waals surface area contributed by atoms with E-state index in [1.165, 1.54) is 0 Å². The van der Waals surface area contributed by atoms with Crippen molar-refractivity contribution in [3.63, 3.8) is 0 Å². The minimum atomic E-state index is -0.538. The van der Waals surface area contributed by atoms with Crippen LogP contribution in [-0.2, 0) is 20.9 Å². The Labute approximate surface area is 205 Å². The lowest BCUT2D eigenvalue weighted by Gasteiger charge is -2.38. The number of carbonyl (C=O) groups is 3. The summed E-state index contributed by atoms with van der Waals surface area (Å²) in [6, 6.07) is 15.9. The Morgan fingerprint density at radius 1 is 0.971 bits per heavy atom. The smallest absolute Gasteiger partial charge is 0.328 e. The monoisotopic (exact) mass is 486 g/mol. The Balaban J connectivity index is 1.44. The molecule has 3 rings (SSSR count). The molecule has 0 bridgehead atoms. The standard InChI is InChI=1S/C25H31ClN4O4/c1-2-34-24(32)23(20-8-10-21(26)11-9-20)30-16-14-29(15-17-30)22(31)12-13-27-25(33)28-18-19-6-4-3-5-7-19/h3-11,23H,2,12-18H2,1H3,(H2,27,28,33). The van der Waals surface area contributed by atoms with Crippen molar-refractivity contribution < 1.29 is 19.1 Å². The molecular weight excluding hydrogens is 456 g/mol. The molecule has 0 radical (unpaired) electrons. The van der Waals surface area contributed by atoms with Gasteiger partial charge in [-0.05, 0) is 30.2 Å². The van der Waals surface area contributed by atoms with Crippen LogP contribution in [0.1, 0.15) is 30.5 Å². The van der Waals surface area contributed by atoms with Crippen molar-refractivity contribution in [3.8, 4) is 0 Å². The first-order chi connectivity index (χ1) is 16.5. The van der Waals surface area contributed by atoms with E-state index in [9.17, 15) is 14.4 Å². The zero-order chi connectivity index (χ0) is 24.3. The van der Waals surface area contributed by atoms with E-state index < -0.39 is 6.04 Å². The molecule has 9 heteroatoms. The van der Waals surface area contributed by atoms with Crippen molar-refractivity contribution in [1.82, 2.24) is 20.4 Å². The van der Waals surface area contributed by atoms with E-state index in [0.717, 1.165) is 11.1 Å². The van der Waals surface area contributed by atoms with Gasteiger partial charge in [-0.2, -0.15) is 0 Å². The molecular formula is C25H31ClN4O4. The second-order valence-corrected chi connectivity index (χ2v) is 8.40. The van der Waals surface area contributed by atoms with Gasteiger partial charge in [-0.3, -0.25) is 9.69 Å². The molecule has 1 unspecified atom stereocenters. The molecule has 1 fully saturated rings. The summed E-state index contributed by atoms with van der Waals surface area (Å²) in [5.74, 6) is -0.336. The maximum atomic E-state index is 12.7. The fourth-order valence-corrected chi connectivity index (χ4v) is 4.00. The Morgan fingerprint density at radius 2 is 1.65 bits per heavy atom. The van der Waals surface area contributed by atoms with Gasteiger partial charge in [-0.15, -0.1) is 0 Å². The molecule has 182 valence electrons. The molecule has 2 aromatic carbocycles. The van der Waals surface area contributed by atoms with Crippen molar-refractivity contribution in [2.45, 2.75) is 25.9 Å². The van der Waals surface area contributed by atoms with Crippen LogP contribution in [0, 0.1) is 0 Å². The van der Waals surface area contributed by atoms with Crippen molar-refractivity contribution in [2.75, 3.05) is 39.3 Å². The topological polar surface area (TPSA) is 91.0 Å². The zero-order valence-corrected chi connectivity index (χ0v) is 20.1. The fourth-order valence-electron chi connectivity index (χ4n) is 3.87. The van der Waals surface area contributed by atoms with Gasteiger partial charge in [0.1, 0.15) is 6.04 Å². The first-order valence-corrected chi connectivity index (χ1v) is 11.8. The lowest BCUT2D eigenvalue weighted by Crippen LogP contribution is -2.51. The van der Waals surface area contributed by atoms with E-state index in [4.69, 9.17) is 16.3 Å². The fraction of sp³-hybridized carbons (Fsp3) is 0.400. The summed E-state index contributed by atoms with van der Waals surface area (Å²) < 4.78 is 5.30. The van der Waals surface area contributed by atoms with Crippen LogP contribution in [0.15, 0.2) is 54.6 Å². The molecule has 8 nitrogen and oxygen atoms in total. The number of urea groups is 1. The van der Waals surface area contributed by atoms with Crippen molar-refractivity contribution >= 4 is 29.5 Å². The third kappa shape index (κ3) is 7.46. The zero-order valence-electron chi connectivity index (χ0n) is 19.3. The number of nitrogens with zero attached hydrogens (tertiary/aromatic N) is 2. The number of hydrogen-bond acceptors (Lipinski definition) is 5. The largest absolute Gasteiger partial charge is 0.465 e. The van der Waals surface area contributed by atoms with E-state index >= 15 is 0 Å². The Bertz CT molecular complexity index is 947. The molecule has 0 spiro atoms. The minimum Gasteiger partial charge on any atom is -0.465 e. The van der Waals surface area contributed by atoms with E-state index in [2.05, 4.69) is 10.6 Å². The number of halogens is 1. The van der Waals surface area contributed by atoms with E-state index in [1.807, 2.05) is 47.4 Å². The third-order valence-electron chi connectivity index (χ3n) is 5.65. The van der Waals surface area contributed by atoms with Gasteiger partial charge in [-0.1, -0.05) is 54.1 Å². The molecule has 2 aromatic rings. The molecule has 2 N–H and O–H groups in total. The highest BCUT2D eigenvalue weighted by molar-refractivity contribution is 6.30. The average Bonchev–Trinajstić information content (AvgIpc) is 2.85. The first kappa shape index (κ1) is 25.5. The van der Waals surface area contributed by atoms with Crippen LogP contribution in [-0.4, -0.2) is 67.0 Å². The summed E-state index contributed by atoms with van der Waals surface area (Å²) in [6.45, 7) is 4.86. The second kappa shape index (κ2) is 13.0.